The third-order valence-electron chi connectivity index (χ3n) is 3.75. The number of hydrogen-bond acceptors (Lipinski definition) is 2. The van der Waals surface area contributed by atoms with Crippen LogP contribution in [0.3, 0.4) is 0 Å². The molecule has 2 heteroatoms. The highest BCUT2D eigenvalue weighted by atomic mass is 14.9. The van der Waals surface area contributed by atoms with Crippen LogP contribution in [0.2, 0.25) is 0 Å². The molecule has 0 bridgehead atoms. The Labute approximate surface area is 105 Å². The van der Waals surface area contributed by atoms with Crippen LogP contribution >= 0.6 is 0 Å². The van der Waals surface area contributed by atoms with Gasteiger partial charge >= 0.3 is 0 Å². The summed E-state index contributed by atoms with van der Waals surface area (Å²) >= 11 is 0. The Morgan fingerprint density at radius 3 is 2.53 bits per heavy atom. The molecule has 0 saturated carbocycles. The molecule has 17 heavy (non-hydrogen) atoms. The fourth-order valence-electron chi connectivity index (χ4n) is 2.40. The van der Waals surface area contributed by atoms with Crippen LogP contribution in [0.4, 0.5) is 0 Å². The van der Waals surface area contributed by atoms with Crippen LogP contribution in [0, 0.1) is 12.8 Å². The second kappa shape index (κ2) is 6.18. The van der Waals surface area contributed by atoms with Gasteiger partial charge in [0.1, 0.15) is 0 Å². The molecule has 0 amide bonds. The van der Waals surface area contributed by atoms with Crippen LogP contribution in [0.15, 0.2) is 24.3 Å². The minimum atomic E-state index is 0.463. The molecule has 0 aromatic heterocycles. The predicted molar refractivity (Wildman–Crippen MR) is 73.2 cm³/mol. The topological polar surface area (TPSA) is 24.1 Å². The van der Waals surface area contributed by atoms with Crippen LogP contribution in [0.1, 0.15) is 36.9 Å². The molecule has 94 valence electrons. The molecular weight excluding hydrogens is 208 g/mol. The van der Waals surface area contributed by atoms with E-state index in [0.717, 1.165) is 12.5 Å². The van der Waals surface area contributed by atoms with Crippen molar-refractivity contribution in [3.05, 3.63) is 35.4 Å². The number of nitrogens with one attached hydrogen (secondary N) is 2. The van der Waals surface area contributed by atoms with Gasteiger partial charge in [-0.15, -0.1) is 0 Å². The van der Waals surface area contributed by atoms with Gasteiger partial charge in [0.25, 0.3) is 0 Å². The number of aryl methyl sites for hydroxylation is 1. The van der Waals surface area contributed by atoms with E-state index in [1.54, 1.807) is 0 Å². The summed E-state index contributed by atoms with van der Waals surface area (Å²) in [6.45, 7) is 7.91. The van der Waals surface area contributed by atoms with Gasteiger partial charge in [-0.25, -0.2) is 0 Å². The van der Waals surface area contributed by atoms with Crippen molar-refractivity contribution in [3.63, 3.8) is 0 Å². The molecule has 1 fully saturated rings. The van der Waals surface area contributed by atoms with Crippen LogP contribution in [-0.4, -0.2) is 19.6 Å². The van der Waals surface area contributed by atoms with Gasteiger partial charge in [0.15, 0.2) is 0 Å². The van der Waals surface area contributed by atoms with E-state index in [2.05, 4.69) is 48.7 Å². The number of benzene rings is 1. The van der Waals surface area contributed by atoms with Gasteiger partial charge in [-0.2, -0.15) is 0 Å². The summed E-state index contributed by atoms with van der Waals surface area (Å²) in [4.78, 5) is 0. The molecule has 0 spiro atoms. The van der Waals surface area contributed by atoms with Crippen molar-refractivity contribution in [1.82, 2.24) is 10.6 Å². The number of piperidine rings is 1. The van der Waals surface area contributed by atoms with Gasteiger partial charge < -0.3 is 10.6 Å². The van der Waals surface area contributed by atoms with Crippen molar-refractivity contribution in [2.45, 2.75) is 32.7 Å². The minimum Gasteiger partial charge on any atom is -0.317 e. The lowest BCUT2D eigenvalue weighted by atomic mass is 9.97. The average Bonchev–Trinajstić information content (AvgIpc) is 2.38. The van der Waals surface area contributed by atoms with Crippen molar-refractivity contribution in [2.24, 2.45) is 5.92 Å². The van der Waals surface area contributed by atoms with E-state index in [-0.39, 0.29) is 0 Å². The Morgan fingerprint density at radius 1 is 1.24 bits per heavy atom. The highest BCUT2D eigenvalue weighted by molar-refractivity contribution is 5.23. The normalized spacial score (nSPS) is 19.2. The Balaban J connectivity index is 1.80. The smallest absolute Gasteiger partial charge is 0.0291 e. The number of hydrogen-bond donors (Lipinski definition) is 2. The lowest BCUT2D eigenvalue weighted by Crippen LogP contribution is -2.34. The molecule has 1 aliphatic rings. The van der Waals surface area contributed by atoms with E-state index < -0.39 is 0 Å². The van der Waals surface area contributed by atoms with Crippen molar-refractivity contribution >= 4 is 0 Å². The molecule has 1 heterocycles. The van der Waals surface area contributed by atoms with Crippen molar-refractivity contribution in [2.75, 3.05) is 19.6 Å². The Morgan fingerprint density at radius 2 is 1.88 bits per heavy atom. The maximum Gasteiger partial charge on any atom is 0.0291 e. The highest BCUT2D eigenvalue weighted by Gasteiger charge is 2.14. The maximum atomic E-state index is 3.66. The molecule has 2 nitrogen and oxygen atoms in total. The molecule has 2 rings (SSSR count). The molecule has 0 unspecified atom stereocenters. The van der Waals surface area contributed by atoms with Crippen molar-refractivity contribution in [1.29, 1.82) is 0 Å². The molecule has 1 aliphatic heterocycles. The highest BCUT2D eigenvalue weighted by Crippen LogP contribution is 2.15. The van der Waals surface area contributed by atoms with Crippen LogP contribution in [0.5, 0.6) is 0 Å². The molecule has 2 N–H and O–H groups in total. The van der Waals surface area contributed by atoms with Gasteiger partial charge in [0.05, 0.1) is 0 Å². The minimum absolute atomic E-state index is 0.463. The zero-order valence-electron chi connectivity index (χ0n) is 11.0. The lowest BCUT2D eigenvalue weighted by molar-refractivity contribution is 0.345. The second-order valence-corrected chi connectivity index (χ2v) is 5.23. The first-order chi connectivity index (χ1) is 8.25. The van der Waals surface area contributed by atoms with Crippen LogP contribution in [0.25, 0.3) is 0 Å². The van der Waals surface area contributed by atoms with Gasteiger partial charge in [0, 0.05) is 6.04 Å². The van der Waals surface area contributed by atoms with Crippen molar-refractivity contribution in [3.8, 4) is 0 Å². The SMILES string of the molecule is Cc1ccc([C@H](C)NCC2CCNCC2)cc1. The number of rotatable bonds is 4. The Kier molecular flexibility index (Phi) is 4.57. The van der Waals surface area contributed by atoms with E-state index in [4.69, 9.17) is 0 Å². The third-order valence-corrected chi connectivity index (χ3v) is 3.75. The van der Waals surface area contributed by atoms with E-state index in [0.29, 0.717) is 6.04 Å². The third kappa shape index (κ3) is 3.83. The summed E-state index contributed by atoms with van der Waals surface area (Å²) in [5, 5.41) is 7.07. The molecular formula is C15H24N2. The van der Waals surface area contributed by atoms with Gasteiger partial charge in [-0.1, -0.05) is 29.8 Å². The molecule has 1 aromatic carbocycles. The monoisotopic (exact) mass is 232 g/mol. The van der Waals surface area contributed by atoms with Gasteiger partial charge in [-0.3, -0.25) is 0 Å². The quantitative estimate of drug-likeness (QED) is 0.834. The fraction of sp³-hybridized carbons (Fsp3) is 0.600. The maximum absolute atomic E-state index is 3.66. The lowest BCUT2D eigenvalue weighted by Gasteiger charge is -2.25. The second-order valence-electron chi connectivity index (χ2n) is 5.23. The molecule has 0 aliphatic carbocycles. The average molecular weight is 232 g/mol. The fourth-order valence-corrected chi connectivity index (χ4v) is 2.40. The first kappa shape index (κ1) is 12.6. The molecule has 1 atom stereocenters. The summed E-state index contributed by atoms with van der Waals surface area (Å²) in [5.41, 5.74) is 2.73. The van der Waals surface area contributed by atoms with Crippen LogP contribution < -0.4 is 10.6 Å². The summed E-state index contributed by atoms with van der Waals surface area (Å²) in [5.74, 6) is 0.851. The van der Waals surface area contributed by atoms with Gasteiger partial charge in [0.2, 0.25) is 0 Å². The van der Waals surface area contributed by atoms with E-state index in [1.165, 1.54) is 37.1 Å². The largest absolute Gasteiger partial charge is 0.317 e. The van der Waals surface area contributed by atoms with E-state index >= 15 is 0 Å². The summed E-state index contributed by atoms with van der Waals surface area (Å²) in [7, 11) is 0. The first-order valence-corrected chi connectivity index (χ1v) is 6.76. The first-order valence-electron chi connectivity index (χ1n) is 6.76. The Hall–Kier alpha value is -0.860. The van der Waals surface area contributed by atoms with E-state index in [1.807, 2.05) is 0 Å². The van der Waals surface area contributed by atoms with Crippen molar-refractivity contribution < 1.29 is 0 Å². The zero-order valence-corrected chi connectivity index (χ0v) is 11.0. The summed E-state index contributed by atoms with van der Waals surface area (Å²) in [6, 6.07) is 9.31. The summed E-state index contributed by atoms with van der Waals surface area (Å²) in [6.07, 6.45) is 2.63. The van der Waals surface area contributed by atoms with E-state index in [9.17, 15) is 0 Å². The molecule has 1 saturated heterocycles. The Bertz CT molecular complexity index is 325. The molecule has 0 radical (unpaired) electrons. The van der Waals surface area contributed by atoms with Gasteiger partial charge in [-0.05, 0) is 57.8 Å². The van der Waals surface area contributed by atoms with Crippen LogP contribution in [-0.2, 0) is 0 Å². The predicted octanol–water partition coefficient (Wildman–Crippen LogP) is 2.65. The zero-order chi connectivity index (χ0) is 12.1. The molecule has 1 aromatic rings. The summed E-state index contributed by atoms with van der Waals surface area (Å²) < 4.78 is 0. The standard InChI is InChI=1S/C15H24N2/c1-12-3-5-15(6-4-12)13(2)17-11-14-7-9-16-10-8-14/h3-6,13-14,16-17H,7-11H2,1-2H3/t13-/m0/s1.